The quantitative estimate of drug-likeness (QED) is 0.842. The Bertz CT molecular complexity index is 225. The first kappa shape index (κ1) is 10.7. The van der Waals surface area contributed by atoms with Crippen LogP contribution in [0.1, 0.15) is 32.1 Å². The Morgan fingerprint density at radius 1 is 1.57 bits per heavy atom. The molecule has 2 aliphatic rings. The van der Waals surface area contributed by atoms with Gasteiger partial charge < -0.3 is 10.1 Å². The normalized spacial score (nSPS) is 29.9. The number of hydrogen-bond donors (Lipinski definition) is 1. The standard InChI is InChI=1S/C11H18BrNO/c1-9(12)8-13-10-3-6-14-11(7-10)4-2-5-11/h10,13H,1-8H2. The van der Waals surface area contributed by atoms with Gasteiger partial charge in [-0.05, 0) is 32.1 Å². The average Bonchev–Trinajstić information content (AvgIpc) is 2.13. The molecule has 1 heterocycles. The van der Waals surface area contributed by atoms with Crippen molar-refractivity contribution in [2.24, 2.45) is 0 Å². The first-order chi connectivity index (χ1) is 6.70. The topological polar surface area (TPSA) is 21.3 Å². The van der Waals surface area contributed by atoms with Crippen molar-refractivity contribution in [2.45, 2.75) is 43.7 Å². The molecule has 3 heteroatoms. The molecule has 1 spiro atoms. The Morgan fingerprint density at radius 3 is 2.93 bits per heavy atom. The fourth-order valence-electron chi connectivity index (χ4n) is 2.38. The third-order valence-electron chi connectivity index (χ3n) is 3.34. The number of rotatable bonds is 3. The van der Waals surface area contributed by atoms with E-state index in [1.54, 1.807) is 0 Å². The molecule has 1 saturated heterocycles. The Labute approximate surface area is 94.2 Å². The van der Waals surface area contributed by atoms with Crippen molar-refractivity contribution in [1.29, 1.82) is 0 Å². The molecule has 0 aromatic rings. The number of nitrogens with one attached hydrogen (secondary N) is 1. The van der Waals surface area contributed by atoms with Crippen LogP contribution in [0.2, 0.25) is 0 Å². The number of halogens is 1. The summed E-state index contributed by atoms with van der Waals surface area (Å²) in [5.41, 5.74) is 0.254. The van der Waals surface area contributed by atoms with Gasteiger partial charge in [-0.3, -0.25) is 0 Å². The van der Waals surface area contributed by atoms with E-state index in [4.69, 9.17) is 4.74 Å². The van der Waals surface area contributed by atoms with Gasteiger partial charge in [-0.1, -0.05) is 22.5 Å². The molecule has 1 aliphatic heterocycles. The summed E-state index contributed by atoms with van der Waals surface area (Å²) in [4.78, 5) is 0. The maximum atomic E-state index is 5.86. The van der Waals surface area contributed by atoms with Crippen LogP contribution in [-0.2, 0) is 4.74 Å². The SMILES string of the molecule is C=C(Br)CNC1CCOC2(CCC2)C1. The lowest BCUT2D eigenvalue weighted by Crippen LogP contribution is -2.51. The van der Waals surface area contributed by atoms with Gasteiger partial charge in [-0.15, -0.1) is 0 Å². The largest absolute Gasteiger partial charge is 0.375 e. The molecule has 1 aliphatic carbocycles. The molecule has 0 aromatic carbocycles. The summed E-state index contributed by atoms with van der Waals surface area (Å²) >= 11 is 3.37. The minimum absolute atomic E-state index is 0.254. The molecule has 2 fully saturated rings. The zero-order chi connectivity index (χ0) is 10.0. The monoisotopic (exact) mass is 259 g/mol. The highest BCUT2D eigenvalue weighted by atomic mass is 79.9. The van der Waals surface area contributed by atoms with E-state index < -0.39 is 0 Å². The van der Waals surface area contributed by atoms with Crippen LogP contribution in [0.25, 0.3) is 0 Å². The molecule has 14 heavy (non-hydrogen) atoms. The van der Waals surface area contributed by atoms with Crippen LogP contribution in [0.5, 0.6) is 0 Å². The average molecular weight is 260 g/mol. The molecule has 1 N–H and O–H groups in total. The van der Waals surface area contributed by atoms with Gasteiger partial charge in [0.25, 0.3) is 0 Å². The summed E-state index contributed by atoms with van der Waals surface area (Å²) < 4.78 is 6.90. The van der Waals surface area contributed by atoms with Crippen molar-refractivity contribution >= 4 is 15.9 Å². The minimum Gasteiger partial charge on any atom is -0.375 e. The first-order valence-corrected chi connectivity index (χ1v) is 6.20. The van der Waals surface area contributed by atoms with Gasteiger partial charge >= 0.3 is 0 Å². The van der Waals surface area contributed by atoms with Gasteiger partial charge in [-0.2, -0.15) is 0 Å². The zero-order valence-corrected chi connectivity index (χ0v) is 10.1. The highest BCUT2D eigenvalue weighted by Crippen LogP contribution is 2.42. The molecule has 0 aromatic heterocycles. The van der Waals surface area contributed by atoms with E-state index in [2.05, 4.69) is 27.8 Å². The maximum Gasteiger partial charge on any atom is 0.0697 e. The van der Waals surface area contributed by atoms with Crippen molar-refractivity contribution in [3.8, 4) is 0 Å². The van der Waals surface area contributed by atoms with Crippen LogP contribution in [0, 0.1) is 0 Å². The van der Waals surface area contributed by atoms with Crippen LogP contribution >= 0.6 is 15.9 Å². The fourth-order valence-corrected chi connectivity index (χ4v) is 2.54. The van der Waals surface area contributed by atoms with E-state index >= 15 is 0 Å². The summed E-state index contributed by atoms with van der Waals surface area (Å²) in [6, 6.07) is 0.623. The minimum atomic E-state index is 0.254. The predicted molar refractivity (Wildman–Crippen MR) is 61.6 cm³/mol. The van der Waals surface area contributed by atoms with Gasteiger partial charge in [-0.25, -0.2) is 0 Å². The van der Waals surface area contributed by atoms with Crippen LogP contribution < -0.4 is 5.32 Å². The summed E-state index contributed by atoms with van der Waals surface area (Å²) in [5.74, 6) is 0. The van der Waals surface area contributed by atoms with Crippen LogP contribution in [0.4, 0.5) is 0 Å². The first-order valence-electron chi connectivity index (χ1n) is 5.41. The molecule has 1 saturated carbocycles. The van der Waals surface area contributed by atoms with E-state index in [0.29, 0.717) is 6.04 Å². The molecule has 2 nitrogen and oxygen atoms in total. The third-order valence-corrected chi connectivity index (χ3v) is 3.62. The number of ether oxygens (including phenoxy) is 1. The van der Waals surface area contributed by atoms with Crippen molar-refractivity contribution in [2.75, 3.05) is 13.2 Å². The Kier molecular flexibility index (Phi) is 3.30. The molecular weight excluding hydrogens is 242 g/mol. The van der Waals surface area contributed by atoms with E-state index in [9.17, 15) is 0 Å². The molecule has 1 atom stereocenters. The van der Waals surface area contributed by atoms with Crippen molar-refractivity contribution in [3.63, 3.8) is 0 Å². The number of hydrogen-bond acceptors (Lipinski definition) is 2. The highest BCUT2D eigenvalue weighted by Gasteiger charge is 2.42. The summed E-state index contributed by atoms with van der Waals surface area (Å²) in [7, 11) is 0. The lowest BCUT2D eigenvalue weighted by molar-refractivity contribution is -0.135. The van der Waals surface area contributed by atoms with E-state index in [1.165, 1.54) is 25.7 Å². The Balaban J connectivity index is 1.79. The van der Waals surface area contributed by atoms with E-state index in [1.807, 2.05) is 0 Å². The molecule has 80 valence electrons. The Morgan fingerprint density at radius 2 is 2.36 bits per heavy atom. The zero-order valence-electron chi connectivity index (χ0n) is 8.52. The van der Waals surface area contributed by atoms with Crippen molar-refractivity contribution in [3.05, 3.63) is 11.1 Å². The van der Waals surface area contributed by atoms with Crippen LogP contribution in [0.3, 0.4) is 0 Å². The lowest BCUT2D eigenvalue weighted by atomic mass is 9.74. The molecule has 0 amide bonds. The predicted octanol–water partition coefficient (Wildman–Crippen LogP) is 2.59. The molecule has 0 bridgehead atoms. The third kappa shape index (κ3) is 2.38. The summed E-state index contributed by atoms with van der Waals surface area (Å²) in [6.45, 7) is 5.63. The van der Waals surface area contributed by atoms with Crippen molar-refractivity contribution < 1.29 is 4.74 Å². The van der Waals surface area contributed by atoms with E-state index in [0.717, 1.165) is 24.1 Å². The van der Waals surface area contributed by atoms with Crippen LogP contribution in [-0.4, -0.2) is 24.8 Å². The second kappa shape index (κ2) is 4.33. The molecular formula is C11H18BrNO. The van der Waals surface area contributed by atoms with Crippen LogP contribution in [0.15, 0.2) is 11.1 Å². The van der Waals surface area contributed by atoms with Gasteiger partial charge in [0.05, 0.1) is 5.60 Å². The highest BCUT2D eigenvalue weighted by molar-refractivity contribution is 9.11. The second-order valence-corrected chi connectivity index (χ2v) is 5.59. The molecule has 0 radical (unpaired) electrons. The summed E-state index contributed by atoms with van der Waals surface area (Å²) in [6.07, 6.45) is 6.20. The fraction of sp³-hybridized carbons (Fsp3) is 0.818. The van der Waals surface area contributed by atoms with Gasteiger partial charge in [0.1, 0.15) is 0 Å². The molecule has 1 unspecified atom stereocenters. The van der Waals surface area contributed by atoms with Crippen molar-refractivity contribution in [1.82, 2.24) is 5.32 Å². The second-order valence-electron chi connectivity index (χ2n) is 4.47. The van der Waals surface area contributed by atoms with Gasteiger partial charge in [0.15, 0.2) is 0 Å². The van der Waals surface area contributed by atoms with E-state index in [-0.39, 0.29) is 5.60 Å². The van der Waals surface area contributed by atoms with Gasteiger partial charge in [0.2, 0.25) is 0 Å². The smallest absolute Gasteiger partial charge is 0.0697 e. The summed E-state index contributed by atoms with van der Waals surface area (Å²) in [5, 5.41) is 3.52. The molecule has 2 rings (SSSR count). The lowest BCUT2D eigenvalue weighted by Gasteiger charge is -2.47. The maximum absolute atomic E-state index is 5.86. The Hall–Kier alpha value is 0.140. The van der Waals surface area contributed by atoms with Gasteiger partial charge in [0, 0.05) is 23.7 Å².